The van der Waals surface area contributed by atoms with Crippen LogP contribution in [0.1, 0.15) is 58.4 Å². The van der Waals surface area contributed by atoms with E-state index in [2.05, 4.69) is 35.9 Å². The number of rotatable bonds is 10. The lowest BCUT2D eigenvalue weighted by molar-refractivity contribution is -0.174. The molecule has 1 amide bonds. The summed E-state index contributed by atoms with van der Waals surface area (Å²) in [7, 11) is 1.52. The van der Waals surface area contributed by atoms with E-state index in [0.717, 1.165) is 45.2 Å². The number of piperazine rings is 1. The summed E-state index contributed by atoms with van der Waals surface area (Å²) in [4.78, 5) is 53.4. The molecule has 0 radical (unpaired) electrons. The summed E-state index contributed by atoms with van der Waals surface area (Å²) in [6.45, 7) is 8.67. The third-order valence-electron chi connectivity index (χ3n) is 10.8. The van der Waals surface area contributed by atoms with Crippen molar-refractivity contribution in [1.82, 2.24) is 15.1 Å². The number of Topliss-reactive ketones (excluding diaryl/α,β-unsaturated/α-hetero) is 2. The van der Waals surface area contributed by atoms with Crippen LogP contribution in [0.4, 0.5) is 4.79 Å². The van der Waals surface area contributed by atoms with E-state index in [4.69, 9.17) is 25.7 Å². The summed E-state index contributed by atoms with van der Waals surface area (Å²) in [6.07, 6.45) is 3.97. The Morgan fingerprint density at radius 1 is 1.08 bits per heavy atom. The first-order valence-electron chi connectivity index (χ1n) is 17.4. The molecule has 1 saturated carbocycles. The maximum Gasteiger partial charge on any atom is 0.404 e. The topological polar surface area (TPSA) is 197 Å². The van der Waals surface area contributed by atoms with Crippen molar-refractivity contribution in [1.29, 1.82) is 0 Å². The van der Waals surface area contributed by atoms with Crippen LogP contribution in [-0.4, -0.2) is 103 Å². The Morgan fingerprint density at radius 2 is 1.76 bits per heavy atom. The lowest BCUT2D eigenvalue weighted by Crippen LogP contribution is -2.55. The average Bonchev–Trinajstić information content (AvgIpc) is 3.75. The standard InChI is InChI=1S/C22H31NO3.C15H18N4O5/c1-3-23(4-2)17-11-12-18-26-21(24)22(25,19-13-7-5-8-14-19)20-15-9-6-10-16-20;1-5-9(16)12(21)8-6(4-24-14(17)22)15(23-2)13-7(18-13)3-19(15)10(8)11(5)20/h5,7-8,13-14,20,25H,3-4,6,9-10,15-18H2,1-2H3;6-7,13,18H,3-4,16H2,1-2H3,(H2,17,22)/t;6-,7+,13+,15-/m.1/s1. The second-order valence-electron chi connectivity index (χ2n) is 13.3. The predicted molar refractivity (Wildman–Crippen MR) is 184 cm³/mol. The first-order chi connectivity index (χ1) is 24.0. The number of aliphatic hydroxyl groups is 1. The van der Waals surface area contributed by atoms with Crippen molar-refractivity contribution in [2.45, 2.75) is 76.3 Å². The van der Waals surface area contributed by atoms with Crippen molar-refractivity contribution in [3.05, 3.63) is 58.4 Å². The number of nitrogens with two attached hydrogens (primary N) is 2. The molecule has 0 aromatic heterocycles. The number of hydrogen-bond acceptors (Lipinski definition) is 12. The molecule has 5 aliphatic rings. The number of primary amides is 1. The molecule has 50 heavy (non-hydrogen) atoms. The van der Waals surface area contributed by atoms with Crippen LogP contribution in [0, 0.1) is 23.7 Å². The highest BCUT2D eigenvalue weighted by molar-refractivity contribution is 6.25. The first kappa shape index (κ1) is 37.0. The minimum atomic E-state index is -1.58. The van der Waals surface area contributed by atoms with Gasteiger partial charge in [0.25, 0.3) is 0 Å². The Labute approximate surface area is 293 Å². The number of fused-ring (bicyclic) bond motifs is 4. The molecule has 13 nitrogen and oxygen atoms in total. The number of hydrogen-bond donors (Lipinski definition) is 4. The molecule has 6 rings (SSSR count). The summed E-state index contributed by atoms with van der Waals surface area (Å²) in [5.74, 6) is 3.91. The van der Waals surface area contributed by atoms with Crippen molar-refractivity contribution in [3.63, 3.8) is 0 Å². The fourth-order valence-corrected chi connectivity index (χ4v) is 7.92. The zero-order valence-corrected chi connectivity index (χ0v) is 29.3. The van der Waals surface area contributed by atoms with Crippen LogP contribution in [-0.2, 0) is 34.2 Å². The molecule has 3 heterocycles. The largest absolute Gasteiger partial charge is 0.450 e. The van der Waals surface area contributed by atoms with Gasteiger partial charge in [0, 0.05) is 36.8 Å². The van der Waals surface area contributed by atoms with Gasteiger partial charge in [0.1, 0.15) is 6.61 Å². The van der Waals surface area contributed by atoms with Crippen LogP contribution < -0.4 is 16.8 Å². The van der Waals surface area contributed by atoms with Gasteiger partial charge in [-0.15, -0.1) is 0 Å². The zero-order chi connectivity index (χ0) is 36.2. The fraction of sp³-hybridized carbons (Fsp3) is 0.568. The maximum absolute atomic E-state index is 12.8. The Hall–Kier alpha value is -4.22. The second-order valence-corrected chi connectivity index (χ2v) is 13.3. The zero-order valence-electron chi connectivity index (χ0n) is 29.3. The van der Waals surface area contributed by atoms with E-state index >= 15 is 0 Å². The number of benzene rings is 1. The fourth-order valence-electron chi connectivity index (χ4n) is 7.92. The number of ether oxygens (including phenoxy) is 3. The third-order valence-corrected chi connectivity index (χ3v) is 10.8. The maximum atomic E-state index is 12.8. The normalized spacial score (nSPS) is 26.6. The number of methoxy groups -OCH3 is 1. The number of allylic oxidation sites excluding steroid dienone is 2. The van der Waals surface area contributed by atoms with E-state index in [1.54, 1.807) is 0 Å². The van der Waals surface area contributed by atoms with Gasteiger partial charge in [-0.1, -0.05) is 75.3 Å². The molecule has 2 saturated heterocycles. The van der Waals surface area contributed by atoms with Crippen molar-refractivity contribution >= 4 is 23.6 Å². The van der Waals surface area contributed by atoms with Gasteiger partial charge in [0.15, 0.2) is 17.9 Å². The molecule has 270 valence electrons. The van der Waals surface area contributed by atoms with E-state index < -0.39 is 35.1 Å². The second kappa shape index (κ2) is 15.3. The lowest BCUT2D eigenvalue weighted by atomic mass is 9.73. The van der Waals surface area contributed by atoms with E-state index in [0.29, 0.717) is 24.4 Å². The monoisotopic (exact) mass is 691 g/mol. The molecule has 0 spiro atoms. The molecule has 13 heteroatoms. The van der Waals surface area contributed by atoms with Crippen LogP contribution >= 0.6 is 0 Å². The lowest BCUT2D eigenvalue weighted by Gasteiger charge is -2.39. The number of nitrogens with one attached hydrogen (secondary N) is 1. The summed E-state index contributed by atoms with van der Waals surface area (Å²) >= 11 is 0. The Morgan fingerprint density at radius 3 is 2.38 bits per heavy atom. The third kappa shape index (κ3) is 6.65. The Bertz CT molecular complexity index is 1610. The van der Waals surface area contributed by atoms with Gasteiger partial charge in [-0.05, 0) is 38.4 Å². The highest BCUT2D eigenvalue weighted by Crippen LogP contribution is 2.55. The number of ketones is 2. The number of carbonyl (C=O) groups is 4. The molecule has 0 bridgehead atoms. The van der Waals surface area contributed by atoms with Crippen LogP contribution in [0.15, 0.2) is 52.9 Å². The highest BCUT2D eigenvalue weighted by atomic mass is 16.6. The SMILES string of the molecule is CCN(CC)CC#CCOC(=O)C(O)(c1ccccc1)C1CCCCC1.CO[C@@]12[C@H](COC(N)=O)C3=C(C(=O)C(C)=C(N)C3=O)N1C[C@@H]1N[C@@H]12. The van der Waals surface area contributed by atoms with Crippen molar-refractivity contribution in [3.8, 4) is 11.8 Å². The number of nitrogens with zero attached hydrogens (tertiary/aromatic N) is 2. The highest BCUT2D eigenvalue weighted by Gasteiger charge is 2.72. The molecule has 1 unspecified atom stereocenters. The summed E-state index contributed by atoms with van der Waals surface area (Å²) in [5, 5.41) is 14.6. The van der Waals surface area contributed by atoms with Crippen molar-refractivity contribution < 1.29 is 38.5 Å². The van der Waals surface area contributed by atoms with Crippen molar-refractivity contribution in [2.75, 3.05) is 46.5 Å². The van der Waals surface area contributed by atoms with Gasteiger partial charge in [0.05, 0.1) is 29.9 Å². The van der Waals surface area contributed by atoms with Gasteiger partial charge in [-0.3, -0.25) is 14.5 Å². The first-order valence-corrected chi connectivity index (χ1v) is 17.4. The van der Waals surface area contributed by atoms with Gasteiger partial charge in [-0.2, -0.15) is 0 Å². The molecule has 2 aliphatic carbocycles. The quantitative estimate of drug-likeness (QED) is 0.120. The number of amides is 1. The molecule has 1 aromatic rings. The Kier molecular flexibility index (Phi) is 11.4. The summed E-state index contributed by atoms with van der Waals surface area (Å²) < 4.78 is 16.2. The molecule has 6 N–H and O–H groups in total. The molecular weight excluding hydrogens is 642 g/mol. The molecular formula is C37H49N5O8. The Balaban J connectivity index is 0.000000195. The van der Waals surface area contributed by atoms with Crippen LogP contribution in [0.3, 0.4) is 0 Å². The van der Waals surface area contributed by atoms with Gasteiger partial charge >= 0.3 is 12.1 Å². The summed E-state index contributed by atoms with van der Waals surface area (Å²) in [6, 6.07) is 9.30. The average molecular weight is 692 g/mol. The number of esters is 1. The molecule has 5 atom stereocenters. The van der Waals surface area contributed by atoms with Crippen LogP contribution in [0.5, 0.6) is 0 Å². The predicted octanol–water partition coefficient (Wildman–Crippen LogP) is 1.69. The molecule has 1 aromatic carbocycles. The van der Waals surface area contributed by atoms with E-state index in [-0.39, 0.29) is 53.8 Å². The number of carbonyl (C=O) groups excluding carboxylic acids is 4. The van der Waals surface area contributed by atoms with Crippen LogP contribution in [0.25, 0.3) is 0 Å². The van der Waals surface area contributed by atoms with Gasteiger partial charge in [-0.25, -0.2) is 9.59 Å². The molecule has 3 fully saturated rings. The smallest absolute Gasteiger partial charge is 0.404 e. The van der Waals surface area contributed by atoms with E-state index in [1.807, 2.05) is 35.2 Å². The summed E-state index contributed by atoms with van der Waals surface area (Å²) in [5.41, 5.74) is 9.71. The minimum Gasteiger partial charge on any atom is -0.450 e. The van der Waals surface area contributed by atoms with Crippen LogP contribution in [0.2, 0.25) is 0 Å². The van der Waals surface area contributed by atoms with E-state index in [1.165, 1.54) is 14.0 Å². The van der Waals surface area contributed by atoms with E-state index in [9.17, 15) is 24.3 Å². The minimum absolute atomic E-state index is 0.0158. The molecule has 3 aliphatic heterocycles. The van der Waals surface area contributed by atoms with Gasteiger partial charge in [0.2, 0.25) is 11.6 Å². The van der Waals surface area contributed by atoms with Crippen molar-refractivity contribution in [2.24, 2.45) is 23.3 Å². The van der Waals surface area contributed by atoms with Gasteiger partial charge < -0.3 is 41.0 Å².